The summed E-state index contributed by atoms with van der Waals surface area (Å²) in [6, 6.07) is 0. The minimum atomic E-state index is -5.85. The van der Waals surface area contributed by atoms with Crippen LogP contribution in [0.15, 0.2) is 0 Å². The van der Waals surface area contributed by atoms with Crippen LogP contribution in [-0.4, -0.2) is 34.3 Å². The summed E-state index contributed by atoms with van der Waals surface area (Å²) in [6.07, 6.45) is -14.1. The van der Waals surface area contributed by atoms with Gasteiger partial charge in [-0.15, -0.1) is 0 Å². The molecule has 16 heavy (non-hydrogen) atoms. The molecule has 0 saturated heterocycles. The molecule has 1 fully saturated rings. The highest BCUT2D eigenvalue weighted by molar-refractivity contribution is 5.03. The lowest BCUT2D eigenvalue weighted by molar-refractivity contribution is -0.389. The van der Waals surface area contributed by atoms with Crippen LogP contribution in [0.5, 0.6) is 0 Å². The van der Waals surface area contributed by atoms with Gasteiger partial charge in [0, 0.05) is 5.92 Å². The van der Waals surface area contributed by atoms with Crippen LogP contribution < -0.4 is 0 Å². The van der Waals surface area contributed by atoms with Crippen molar-refractivity contribution in [2.75, 3.05) is 0 Å². The summed E-state index contributed by atoms with van der Waals surface area (Å²) in [5, 5.41) is 18.0. The van der Waals surface area contributed by atoms with Gasteiger partial charge in [0.25, 0.3) is 5.60 Å². The van der Waals surface area contributed by atoms with Gasteiger partial charge in [0.05, 0.1) is 6.10 Å². The van der Waals surface area contributed by atoms with Crippen LogP contribution in [0.3, 0.4) is 0 Å². The molecule has 0 aromatic rings. The molecule has 0 spiro atoms. The van der Waals surface area contributed by atoms with E-state index in [1.165, 1.54) is 0 Å². The Kier molecular flexibility index (Phi) is 3.19. The number of halogens is 6. The first-order chi connectivity index (χ1) is 7.02. The van der Waals surface area contributed by atoms with Gasteiger partial charge in [-0.25, -0.2) is 0 Å². The molecule has 2 nitrogen and oxygen atoms in total. The Hall–Kier alpha value is -0.500. The van der Waals surface area contributed by atoms with Gasteiger partial charge in [-0.2, -0.15) is 26.3 Å². The van der Waals surface area contributed by atoms with E-state index < -0.39 is 36.4 Å². The van der Waals surface area contributed by atoms with E-state index in [-0.39, 0.29) is 12.8 Å². The van der Waals surface area contributed by atoms with E-state index in [9.17, 15) is 26.3 Å². The quantitative estimate of drug-likeness (QED) is 0.701. The van der Waals surface area contributed by atoms with Crippen LogP contribution in [0.2, 0.25) is 0 Å². The molecule has 0 aromatic carbocycles. The Labute approximate surface area is 86.9 Å². The molecule has 0 bridgehead atoms. The highest BCUT2D eigenvalue weighted by Gasteiger charge is 2.74. The minimum Gasteiger partial charge on any atom is -0.393 e. The van der Waals surface area contributed by atoms with Crippen molar-refractivity contribution in [1.82, 2.24) is 0 Å². The summed E-state index contributed by atoms with van der Waals surface area (Å²) in [5.74, 6) is -2.24. The van der Waals surface area contributed by atoms with Crippen molar-refractivity contribution in [2.24, 2.45) is 5.92 Å². The van der Waals surface area contributed by atoms with Crippen LogP contribution in [-0.2, 0) is 0 Å². The van der Waals surface area contributed by atoms with Gasteiger partial charge in [-0.1, -0.05) is 6.42 Å². The predicted octanol–water partition coefficient (Wildman–Crippen LogP) is 2.00. The number of hydrogen-bond acceptors (Lipinski definition) is 2. The Morgan fingerprint density at radius 3 is 1.56 bits per heavy atom. The van der Waals surface area contributed by atoms with Crippen molar-refractivity contribution < 1.29 is 36.6 Å². The van der Waals surface area contributed by atoms with Gasteiger partial charge in [0.15, 0.2) is 0 Å². The summed E-state index contributed by atoms with van der Waals surface area (Å²) in [5.41, 5.74) is -4.82. The van der Waals surface area contributed by atoms with Crippen LogP contribution in [0, 0.1) is 5.92 Å². The van der Waals surface area contributed by atoms with Gasteiger partial charge in [-0.05, 0) is 12.8 Å². The summed E-state index contributed by atoms with van der Waals surface area (Å²) in [6.45, 7) is 0. The minimum absolute atomic E-state index is 0.0281. The second-order valence-electron chi connectivity index (χ2n) is 3.87. The first kappa shape index (κ1) is 13.6. The third-order valence-electron chi connectivity index (χ3n) is 2.88. The molecule has 0 radical (unpaired) electrons. The first-order valence-electron chi connectivity index (χ1n) is 4.55. The maximum absolute atomic E-state index is 12.3. The Morgan fingerprint density at radius 2 is 1.31 bits per heavy atom. The maximum atomic E-state index is 12.3. The molecular weight excluding hydrogens is 242 g/mol. The monoisotopic (exact) mass is 252 g/mol. The van der Waals surface area contributed by atoms with Gasteiger partial charge in [0.1, 0.15) is 0 Å². The zero-order valence-corrected chi connectivity index (χ0v) is 7.94. The van der Waals surface area contributed by atoms with E-state index in [2.05, 4.69) is 0 Å². The largest absolute Gasteiger partial charge is 0.426 e. The number of hydrogen-bond donors (Lipinski definition) is 2. The van der Waals surface area contributed by atoms with E-state index in [1.54, 1.807) is 0 Å². The van der Waals surface area contributed by atoms with E-state index in [1.807, 2.05) is 0 Å². The molecule has 2 N–H and O–H groups in total. The molecular formula is C8H10F6O2. The standard InChI is InChI=1S/C8H10F6O2/c9-7(10,11)6(16,8(12,13)14)4-2-1-3-5(4)15/h4-5,15-16H,1-3H2/t4-,5-/m1/s1. The fourth-order valence-corrected chi connectivity index (χ4v) is 2.01. The smallest absolute Gasteiger partial charge is 0.393 e. The normalized spacial score (nSPS) is 28.5. The zero-order valence-electron chi connectivity index (χ0n) is 7.94. The van der Waals surface area contributed by atoms with Crippen LogP contribution in [0.1, 0.15) is 19.3 Å². The van der Waals surface area contributed by atoms with Gasteiger partial charge in [0.2, 0.25) is 0 Å². The number of alkyl halides is 6. The molecule has 96 valence electrons. The third-order valence-corrected chi connectivity index (χ3v) is 2.88. The average molecular weight is 252 g/mol. The lowest BCUT2D eigenvalue weighted by Gasteiger charge is -2.38. The molecule has 1 aliphatic carbocycles. The number of aliphatic hydroxyl groups is 2. The van der Waals surface area contributed by atoms with E-state index in [0.717, 1.165) is 0 Å². The van der Waals surface area contributed by atoms with Crippen molar-refractivity contribution in [3.63, 3.8) is 0 Å². The lowest BCUT2D eigenvalue weighted by atomic mass is 9.83. The predicted molar refractivity (Wildman–Crippen MR) is 40.4 cm³/mol. The highest BCUT2D eigenvalue weighted by atomic mass is 19.4. The fourth-order valence-electron chi connectivity index (χ4n) is 2.01. The average Bonchev–Trinajstić information content (AvgIpc) is 2.46. The second-order valence-corrected chi connectivity index (χ2v) is 3.87. The van der Waals surface area contributed by atoms with Gasteiger partial charge < -0.3 is 10.2 Å². The lowest BCUT2D eigenvalue weighted by Crippen LogP contribution is -2.63. The van der Waals surface area contributed by atoms with E-state index >= 15 is 0 Å². The summed E-state index contributed by atoms with van der Waals surface area (Å²) in [4.78, 5) is 0. The Bertz CT molecular complexity index is 244. The Morgan fingerprint density at radius 1 is 0.875 bits per heavy atom. The molecule has 0 amide bonds. The molecule has 8 heteroatoms. The number of rotatable bonds is 1. The molecule has 0 aliphatic heterocycles. The van der Waals surface area contributed by atoms with Crippen molar-refractivity contribution in [2.45, 2.75) is 43.3 Å². The molecule has 2 atom stereocenters. The topological polar surface area (TPSA) is 40.5 Å². The number of aliphatic hydroxyl groups excluding tert-OH is 1. The van der Waals surface area contributed by atoms with Crippen LogP contribution >= 0.6 is 0 Å². The fraction of sp³-hybridized carbons (Fsp3) is 1.00. The van der Waals surface area contributed by atoms with Gasteiger partial charge in [-0.3, -0.25) is 0 Å². The second kappa shape index (κ2) is 3.76. The maximum Gasteiger partial charge on any atom is 0.426 e. The molecule has 1 rings (SSSR count). The SMILES string of the molecule is O[C@@H]1CCC[C@H]1C(O)(C(F)(F)F)C(F)(F)F. The molecule has 0 unspecified atom stereocenters. The highest BCUT2D eigenvalue weighted by Crippen LogP contribution is 2.52. The summed E-state index contributed by atoms with van der Waals surface area (Å²) >= 11 is 0. The van der Waals surface area contributed by atoms with Crippen LogP contribution in [0.25, 0.3) is 0 Å². The van der Waals surface area contributed by atoms with Crippen molar-refractivity contribution in [3.05, 3.63) is 0 Å². The first-order valence-corrected chi connectivity index (χ1v) is 4.55. The molecule has 0 aromatic heterocycles. The van der Waals surface area contributed by atoms with E-state index in [4.69, 9.17) is 10.2 Å². The van der Waals surface area contributed by atoms with E-state index in [0.29, 0.717) is 0 Å². The summed E-state index contributed by atoms with van der Waals surface area (Å²) in [7, 11) is 0. The van der Waals surface area contributed by atoms with Crippen LogP contribution in [0.4, 0.5) is 26.3 Å². The van der Waals surface area contributed by atoms with Crippen molar-refractivity contribution >= 4 is 0 Å². The van der Waals surface area contributed by atoms with Gasteiger partial charge >= 0.3 is 12.4 Å². The molecule has 1 aliphatic rings. The van der Waals surface area contributed by atoms with Crippen molar-refractivity contribution in [3.8, 4) is 0 Å². The zero-order chi connectivity index (χ0) is 12.8. The summed E-state index contributed by atoms with van der Waals surface area (Å²) < 4.78 is 74.1. The molecule has 0 heterocycles. The third kappa shape index (κ3) is 1.88. The van der Waals surface area contributed by atoms with Crippen molar-refractivity contribution in [1.29, 1.82) is 0 Å². The molecule has 1 saturated carbocycles. The Balaban J connectivity index is 3.15.